The molecule has 0 saturated heterocycles. The number of carbonyl (C=O) groups excluding carboxylic acids is 2. The number of rotatable bonds is 4. The topological polar surface area (TPSA) is 98.2 Å². The standard InChI is InChI=1S/C17H15N3O5/c1-23-13-4-2-3-12(8-13)19-16(21)17(22)20-18-9-11-5-6-14-15(7-11)25-10-24-14/h2-9H,10H2,1H3,(H,19,21)(H,20,22)/b18-9+. The lowest BCUT2D eigenvalue weighted by atomic mass is 10.2. The summed E-state index contributed by atoms with van der Waals surface area (Å²) in [5.41, 5.74) is 3.30. The molecule has 1 aliphatic rings. The zero-order chi connectivity index (χ0) is 17.6. The number of anilines is 1. The number of nitrogens with zero attached hydrogens (tertiary/aromatic N) is 1. The van der Waals surface area contributed by atoms with E-state index < -0.39 is 11.8 Å². The van der Waals surface area contributed by atoms with Gasteiger partial charge in [-0.1, -0.05) is 6.07 Å². The molecule has 0 bridgehead atoms. The van der Waals surface area contributed by atoms with Gasteiger partial charge in [0.1, 0.15) is 5.75 Å². The number of hydrogen-bond acceptors (Lipinski definition) is 6. The third kappa shape index (κ3) is 4.05. The van der Waals surface area contributed by atoms with Crippen LogP contribution in [0.2, 0.25) is 0 Å². The summed E-state index contributed by atoms with van der Waals surface area (Å²) in [4.78, 5) is 23.6. The van der Waals surface area contributed by atoms with Crippen molar-refractivity contribution in [2.45, 2.75) is 0 Å². The van der Waals surface area contributed by atoms with E-state index in [0.717, 1.165) is 0 Å². The molecule has 0 aromatic heterocycles. The molecule has 3 rings (SSSR count). The maximum atomic E-state index is 11.8. The van der Waals surface area contributed by atoms with Gasteiger partial charge in [0.2, 0.25) is 6.79 Å². The first kappa shape index (κ1) is 16.3. The fourth-order valence-corrected chi connectivity index (χ4v) is 2.10. The predicted molar refractivity (Wildman–Crippen MR) is 89.9 cm³/mol. The lowest BCUT2D eigenvalue weighted by Gasteiger charge is -2.05. The highest BCUT2D eigenvalue weighted by Gasteiger charge is 2.14. The Morgan fingerprint density at radius 3 is 2.80 bits per heavy atom. The van der Waals surface area contributed by atoms with Crippen molar-refractivity contribution in [1.82, 2.24) is 5.43 Å². The average Bonchev–Trinajstić information content (AvgIpc) is 3.09. The van der Waals surface area contributed by atoms with E-state index in [0.29, 0.717) is 28.5 Å². The number of carbonyl (C=O) groups is 2. The number of methoxy groups -OCH3 is 1. The van der Waals surface area contributed by atoms with E-state index in [1.807, 2.05) is 0 Å². The number of benzene rings is 2. The molecule has 2 aromatic carbocycles. The summed E-state index contributed by atoms with van der Waals surface area (Å²) >= 11 is 0. The second kappa shape index (κ2) is 7.35. The first-order chi connectivity index (χ1) is 12.2. The zero-order valence-electron chi connectivity index (χ0n) is 13.3. The van der Waals surface area contributed by atoms with Crippen LogP contribution in [0.5, 0.6) is 17.2 Å². The Labute approximate surface area is 143 Å². The van der Waals surface area contributed by atoms with Crippen LogP contribution in [0.1, 0.15) is 5.56 Å². The minimum absolute atomic E-state index is 0.178. The monoisotopic (exact) mass is 341 g/mol. The van der Waals surface area contributed by atoms with Crippen LogP contribution in [0.3, 0.4) is 0 Å². The molecular weight excluding hydrogens is 326 g/mol. The van der Waals surface area contributed by atoms with Gasteiger partial charge >= 0.3 is 11.8 Å². The molecule has 0 spiro atoms. The van der Waals surface area contributed by atoms with E-state index in [1.165, 1.54) is 13.3 Å². The normalized spacial score (nSPS) is 12.0. The van der Waals surface area contributed by atoms with Crippen molar-refractivity contribution in [1.29, 1.82) is 0 Å². The van der Waals surface area contributed by atoms with E-state index in [2.05, 4.69) is 15.8 Å². The molecule has 25 heavy (non-hydrogen) atoms. The second-order valence-electron chi connectivity index (χ2n) is 5.00. The van der Waals surface area contributed by atoms with Crippen LogP contribution >= 0.6 is 0 Å². The van der Waals surface area contributed by atoms with Crippen LogP contribution in [-0.4, -0.2) is 31.9 Å². The van der Waals surface area contributed by atoms with Gasteiger partial charge in [0.05, 0.1) is 13.3 Å². The van der Waals surface area contributed by atoms with Gasteiger partial charge in [-0.3, -0.25) is 9.59 Å². The number of fused-ring (bicyclic) bond motifs is 1. The highest BCUT2D eigenvalue weighted by molar-refractivity contribution is 6.39. The minimum Gasteiger partial charge on any atom is -0.497 e. The second-order valence-corrected chi connectivity index (χ2v) is 5.00. The minimum atomic E-state index is -0.889. The fraction of sp³-hybridized carbons (Fsp3) is 0.118. The van der Waals surface area contributed by atoms with Crippen LogP contribution in [0.25, 0.3) is 0 Å². The van der Waals surface area contributed by atoms with Crippen molar-refractivity contribution >= 4 is 23.7 Å². The Kier molecular flexibility index (Phi) is 4.79. The summed E-state index contributed by atoms with van der Waals surface area (Å²) in [6, 6.07) is 11.9. The Morgan fingerprint density at radius 1 is 1.12 bits per heavy atom. The van der Waals surface area contributed by atoms with Gasteiger partial charge in [0.25, 0.3) is 0 Å². The molecular formula is C17H15N3O5. The SMILES string of the molecule is COc1cccc(NC(=O)C(=O)N/N=C/c2ccc3c(c2)OCO3)c1. The largest absolute Gasteiger partial charge is 0.497 e. The van der Waals surface area contributed by atoms with E-state index in [1.54, 1.807) is 42.5 Å². The van der Waals surface area contributed by atoms with Crippen LogP contribution in [0.15, 0.2) is 47.6 Å². The van der Waals surface area contributed by atoms with Crippen LogP contribution in [0, 0.1) is 0 Å². The quantitative estimate of drug-likeness (QED) is 0.499. The lowest BCUT2D eigenvalue weighted by molar-refractivity contribution is -0.136. The van der Waals surface area contributed by atoms with Crippen molar-refractivity contribution in [3.63, 3.8) is 0 Å². The molecule has 128 valence electrons. The van der Waals surface area contributed by atoms with Gasteiger partial charge in [-0.2, -0.15) is 5.10 Å². The van der Waals surface area contributed by atoms with Crippen LogP contribution < -0.4 is 25.0 Å². The van der Waals surface area contributed by atoms with Crippen molar-refractivity contribution < 1.29 is 23.8 Å². The van der Waals surface area contributed by atoms with E-state index in [4.69, 9.17) is 14.2 Å². The summed E-state index contributed by atoms with van der Waals surface area (Å²) in [5.74, 6) is 0.0971. The summed E-state index contributed by atoms with van der Waals surface area (Å²) in [7, 11) is 1.51. The first-order valence-corrected chi connectivity index (χ1v) is 7.34. The summed E-state index contributed by atoms with van der Waals surface area (Å²) in [6.45, 7) is 0.178. The molecule has 2 N–H and O–H groups in total. The number of hydrazone groups is 1. The fourth-order valence-electron chi connectivity index (χ4n) is 2.10. The third-order valence-electron chi connectivity index (χ3n) is 3.31. The molecule has 0 radical (unpaired) electrons. The molecule has 1 heterocycles. The Morgan fingerprint density at radius 2 is 1.96 bits per heavy atom. The van der Waals surface area contributed by atoms with Gasteiger partial charge in [-0.25, -0.2) is 5.43 Å². The van der Waals surface area contributed by atoms with Gasteiger partial charge in [-0.05, 0) is 35.9 Å². The molecule has 2 amide bonds. The summed E-state index contributed by atoms with van der Waals surface area (Å²) in [5, 5.41) is 6.21. The van der Waals surface area contributed by atoms with Crippen molar-refractivity contribution in [2.24, 2.45) is 5.10 Å². The molecule has 0 saturated carbocycles. The lowest BCUT2D eigenvalue weighted by Crippen LogP contribution is -2.32. The Bertz CT molecular complexity index is 835. The Hall–Kier alpha value is -3.55. The van der Waals surface area contributed by atoms with Gasteiger partial charge in [-0.15, -0.1) is 0 Å². The van der Waals surface area contributed by atoms with E-state index in [9.17, 15) is 9.59 Å². The zero-order valence-corrected chi connectivity index (χ0v) is 13.3. The van der Waals surface area contributed by atoms with Crippen LogP contribution in [-0.2, 0) is 9.59 Å². The molecule has 0 atom stereocenters. The number of hydrogen-bond donors (Lipinski definition) is 2. The van der Waals surface area contributed by atoms with Gasteiger partial charge < -0.3 is 19.5 Å². The van der Waals surface area contributed by atoms with E-state index in [-0.39, 0.29) is 6.79 Å². The maximum absolute atomic E-state index is 11.8. The first-order valence-electron chi connectivity index (χ1n) is 7.34. The molecule has 2 aromatic rings. The molecule has 8 heteroatoms. The third-order valence-corrected chi connectivity index (χ3v) is 3.31. The van der Waals surface area contributed by atoms with Gasteiger partial charge in [0, 0.05) is 11.8 Å². The van der Waals surface area contributed by atoms with Crippen LogP contribution in [0.4, 0.5) is 5.69 Å². The highest BCUT2D eigenvalue weighted by Crippen LogP contribution is 2.31. The average molecular weight is 341 g/mol. The van der Waals surface area contributed by atoms with Gasteiger partial charge in [0.15, 0.2) is 11.5 Å². The molecule has 0 fully saturated rings. The number of amides is 2. The molecule has 1 aliphatic heterocycles. The van der Waals surface area contributed by atoms with Crippen molar-refractivity contribution in [3.8, 4) is 17.2 Å². The highest BCUT2D eigenvalue weighted by atomic mass is 16.7. The smallest absolute Gasteiger partial charge is 0.329 e. The Balaban J connectivity index is 1.55. The predicted octanol–water partition coefficient (Wildman–Crippen LogP) is 1.51. The molecule has 0 unspecified atom stereocenters. The van der Waals surface area contributed by atoms with Crippen molar-refractivity contribution in [2.75, 3.05) is 19.2 Å². The molecule has 8 nitrogen and oxygen atoms in total. The number of nitrogens with one attached hydrogen (secondary N) is 2. The van der Waals surface area contributed by atoms with E-state index >= 15 is 0 Å². The summed E-state index contributed by atoms with van der Waals surface area (Å²) < 4.78 is 15.5. The maximum Gasteiger partial charge on any atom is 0.329 e. The molecule has 0 aliphatic carbocycles. The van der Waals surface area contributed by atoms with Crippen molar-refractivity contribution in [3.05, 3.63) is 48.0 Å². The number of ether oxygens (including phenoxy) is 3. The summed E-state index contributed by atoms with van der Waals surface area (Å²) in [6.07, 6.45) is 1.40.